The Balaban J connectivity index is 2.18. The topological polar surface area (TPSA) is 53.6 Å². The number of hydrogen-bond acceptors (Lipinski definition) is 4. The van der Waals surface area contributed by atoms with Crippen molar-refractivity contribution in [2.75, 3.05) is 32.8 Å². The summed E-state index contributed by atoms with van der Waals surface area (Å²) in [5.41, 5.74) is 0. The lowest BCUT2D eigenvalue weighted by molar-refractivity contribution is -0.122. The van der Waals surface area contributed by atoms with E-state index in [-0.39, 0.29) is 11.9 Å². The molecule has 1 rings (SSSR count). The van der Waals surface area contributed by atoms with E-state index in [1.807, 2.05) is 0 Å². The molecular weight excluding hydrogens is 242 g/mol. The van der Waals surface area contributed by atoms with Crippen LogP contribution in [0.4, 0.5) is 0 Å². The molecule has 1 aliphatic heterocycles. The summed E-state index contributed by atoms with van der Waals surface area (Å²) in [6, 6.07) is 1.18. The third kappa shape index (κ3) is 6.36. The zero-order chi connectivity index (χ0) is 14.3. The normalized spacial score (nSPS) is 20.3. The predicted octanol–water partition coefficient (Wildman–Crippen LogP) is 0.600. The van der Waals surface area contributed by atoms with Crippen LogP contribution in [0.3, 0.4) is 0 Å². The molecule has 5 nitrogen and oxygen atoms in total. The van der Waals surface area contributed by atoms with Gasteiger partial charge in [0.05, 0.1) is 13.2 Å². The minimum absolute atomic E-state index is 0.107. The maximum absolute atomic E-state index is 11.8. The van der Waals surface area contributed by atoms with Gasteiger partial charge >= 0.3 is 0 Å². The molecule has 1 atom stereocenters. The van der Waals surface area contributed by atoms with Gasteiger partial charge in [-0.3, -0.25) is 9.69 Å². The highest BCUT2D eigenvalue weighted by atomic mass is 16.5. The molecule has 1 aliphatic rings. The summed E-state index contributed by atoms with van der Waals surface area (Å²) in [5.74, 6) is 0.107. The second kappa shape index (κ2) is 8.51. The van der Waals surface area contributed by atoms with E-state index in [2.05, 4.69) is 43.2 Å². The van der Waals surface area contributed by atoms with Crippen molar-refractivity contribution in [3.8, 4) is 0 Å². The van der Waals surface area contributed by atoms with Gasteiger partial charge in [0.2, 0.25) is 5.91 Å². The first-order valence-electron chi connectivity index (χ1n) is 7.34. The lowest BCUT2D eigenvalue weighted by atomic mass is 10.2. The Morgan fingerprint density at radius 1 is 1.37 bits per heavy atom. The Hall–Kier alpha value is -0.650. The summed E-state index contributed by atoms with van der Waals surface area (Å²) < 4.78 is 5.34. The number of nitrogens with one attached hydrogen (secondary N) is 2. The largest absolute Gasteiger partial charge is 0.378 e. The van der Waals surface area contributed by atoms with E-state index in [1.54, 1.807) is 0 Å². The molecule has 0 aromatic heterocycles. The Labute approximate surface area is 117 Å². The van der Waals surface area contributed by atoms with Crippen molar-refractivity contribution in [3.05, 3.63) is 0 Å². The summed E-state index contributed by atoms with van der Waals surface area (Å²) in [7, 11) is 0. The number of morpholine rings is 1. The van der Waals surface area contributed by atoms with Crippen LogP contribution in [0.2, 0.25) is 0 Å². The lowest BCUT2D eigenvalue weighted by Crippen LogP contribution is -2.46. The first-order valence-corrected chi connectivity index (χ1v) is 7.34. The molecule has 1 saturated heterocycles. The zero-order valence-electron chi connectivity index (χ0n) is 12.7. The number of carbonyl (C=O) groups excluding carboxylic acids is 1. The van der Waals surface area contributed by atoms with Gasteiger partial charge in [-0.05, 0) is 27.7 Å². The molecule has 0 radical (unpaired) electrons. The van der Waals surface area contributed by atoms with Crippen molar-refractivity contribution in [1.29, 1.82) is 0 Å². The van der Waals surface area contributed by atoms with Crippen LogP contribution in [-0.2, 0) is 9.53 Å². The van der Waals surface area contributed by atoms with Crippen LogP contribution >= 0.6 is 0 Å². The summed E-state index contributed by atoms with van der Waals surface area (Å²) >= 11 is 0. The maximum atomic E-state index is 11.8. The van der Waals surface area contributed by atoms with Gasteiger partial charge in [0, 0.05) is 44.2 Å². The summed E-state index contributed by atoms with van der Waals surface area (Å²) in [5, 5.41) is 6.28. The fourth-order valence-corrected chi connectivity index (χ4v) is 2.48. The molecule has 1 amide bonds. The quantitative estimate of drug-likeness (QED) is 0.712. The van der Waals surface area contributed by atoms with Crippen LogP contribution in [0.5, 0.6) is 0 Å². The first-order chi connectivity index (χ1) is 9.00. The molecule has 2 N–H and O–H groups in total. The highest BCUT2D eigenvalue weighted by Crippen LogP contribution is 2.03. The SMILES string of the molecule is CC(C)N(CCNC(=O)CC1COCCN1)C(C)C. The number of amides is 1. The van der Waals surface area contributed by atoms with Crippen molar-refractivity contribution < 1.29 is 9.53 Å². The molecule has 0 aromatic rings. The minimum atomic E-state index is 0.107. The van der Waals surface area contributed by atoms with Crippen LogP contribution in [0, 0.1) is 0 Å². The highest BCUT2D eigenvalue weighted by Gasteiger charge is 2.17. The molecule has 5 heteroatoms. The van der Waals surface area contributed by atoms with Crippen molar-refractivity contribution in [2.24, 2.45) is 0 Å². The van der Waals surface area contributed by atoms with E-state index in [0.29, 0.717) is 31.7 Å². The smallest absolute Gasteiger partial charge is 0.221 e. The summed E-state index contributed by atoms with van der Waals surface area (Å²) in [6.07, 6.45) is 0.503. The summed E-state index contributed by atoms with van der Waals surface area (Å²) in [4.78, 5) is 14.2. The number of carbonyl (C=O) groups is 1. The standard InChI is InChI=1S/C14H29N3O2/c1-11(2)17(12(3)4)7-5-16-14(18)9-13-10-19-8-6-15-13/h11-13,15H,5-10H2,1-4H3,(H,16,18). The van der Waals surface area contributed by atoms with Crippen LogP contribution in [0.15, 0.2) is 0 Å². The highest BCUT2D eigenvalue weighted by molar-refractivity contribution is 5.76. The van der Waals surface area contributed by atoms with E-state index < -0.39 is 0 Å². The fourth-order valence-electron chi connectivity index (χ4n) is 2.48. The number of nitrogens with zero attached hydrogens (tertiary/aromatic N) is 1. The molecule has 0 spiro atoms. The molecule has 1 unspecified atom stereocenters. The second-order valence-electron chi connectivity index (χ2n) is 5.71. The monoisotopic (exact) mass is 271 g/mol. The molecule has 1 fully saturated rings. The van der Waals surface area contributed by atoms with Gasteiger partial charge in [-0.1, -0.05) is 0 Å². The van der Waals surface area contributed by atoms with Crippen molar-refractivity contribution in [3.63, 3.8) is 0 Å². The van der Waals surface area contributed by atoms with Crippen molar-refractivity contribution in [2.45, 2.75) is 52.2 Å². The van der Waals surface area contributed by atoms with E-state index >= 15 is 0 Å². The Bertz CT molecular complexity index is 255. The van der Waals surface area contributed by atoms with Gasteiger partial charge in [-0.2, -0.15) is 0 Å². The molecule has 112 valence electrons. The van der Waals surface area contributed by atoms with Gasteiger partial charge in [-0.25, -0.2) is 0 Å². The van der Waals surface area contributed by atoms with E-state index in [9.17, 15) is 4.79 Å². The van der Waals surface area contributed by atoms with Crippen molar-refractivity contribution >= 4 is 5.91 Å². The molecule has 0 bridgehead atoms. The third-order valence-corrected chi connectivity index (χ3v) is 3.45. The minimum Gasteiger partial charge on any atom is -0.378 e. The lowest BCUT2D eigenvalue weighted by Gasteiger charge is -2.30. The van der Waals surface area contributed by atoms with Gasteiger partial charge < -0.3 is 15.4 Å². The zero-order valence-corrected chi connectivity index (χ0v) is 12.7. The number of hydrogen-bond donors (Lipinski definition) is 2. The molecule has 0 aromatic carbocycles. The van der Waals surface area contributed by atoms with Gasteiger partial charge in [-0.15, -0.1) is 0 Å². The molecule has 0 saturated carbocycles. The van der Waals surface area contributed by atoms with Crippen LogP contribution in [0.1, 0.15) is 34.1 Å². The van der Waals surface area contributed by atoms with E-state index in [4.69, 9.17) is 4.74 Å². The van der Waals surface area contributed by atoms with Crippen LogP contribution in [0.25, 0.3) is 0 Å². The summed E-state index contributed by atoms with van der Waals surface area (Å²) in [6.45, 7) is 12.6. The molecule has 0 aliphatic carbocycles. The average Bonchev–Trinajstić information content (AvgIpc) is 2.34. The molecule has 19 heavy (non-hydrogen) atoms. The predicted molar refractivity (Wildman–Crippen MR) is 77.2 cm³/mol. The number of ether oxygens (including phenoxy) is 1. The second-order valence-corrected chi connectivity index (χ2v) is 5.71. The molecule has 1 heterocycles. The Morgan fingerprint density at radius 2 is 2.05 bits per heavy atom. The number of rotatable bonds is 7. The van der Waals surface area contributed by atoms with Gasteiger partial charge in [0.1, 0.15) is 0 Å². The van der Waals surface area contributed by atoms with Gasteiger partial charge in [0.15, 0.2) is 0 Å². The Kier molecular flexibility index (Phi) is 7.34. The Morgan fingerprint density at radius 3 is 2.58 bits per heavy atom. The van der Waals surface area contributed by atoms with Crippen molar-refractivity contribution in [1.82, 2.24) is 15.5 Å². The van der Waals surface area contributed by atoms with E-state index in [0.717, 1.165) is 19.7 Å². The average molecular weight is 271 g/mol. The van der Waals surface area contributed by atoms with E-state index in [1.165, 1.54) is 0 Å². The molecular formula is C14H29N3O2. The third-order valence-electron chi connectivity index (χ3n) is 3.45. The van der Waals surface area contributed by atoms with Crippen LogP contribution in [-0.4, -0.2) is 61.8 Å². The van der Waals surface area contributed by atoms with Gasteiger partial charge in [0.25, 0.3) is 0 Å². The fraction of sp³-hybridized carbons (Fsp3) is 0.929. The maximum Gasteiger partial charge on any atom is 0.221 e. The van der Waals surface area contributed by atoms with Crippen LogP contribution < -0.4 is 10.6 Å². The first kappa shape index (κ1) is 16.4.